The Bertz CT molecular complexity index is 849. The van der Waals surface area contributed by atoms with Crippen LogP contribution in [0.25, 0.3) is 0 Å². The third-order valence-electron chi connectivity index (χ3n) is 4.20. The van der Waals surface area contributed by atoms with Crippen LogP contribution in [0.4, 0.5) is 0 Å². The van der Waals surface area contributed by atoms with Crippen LogP contribution in [0.1, 0.15) is 23.0 Å². The lowest BCUT2D eigenvalue weighted by Gasteiger charge is -2.19. The molecule has 1 amide bonds. The Kier molecular flexibility index (Phi) is 6.07. The normalized spacial score (nSPS) is 11.9. The molecule has 134 valence electrons. The highest BCUT2D eigenvalue weighted by molar-refractivity contribution is 7.99. The second-order valence-corrected chi connectivity index (χ2v) is 7.04. The van der Waals surface area contributed by atoms with Crippen molar-refractivity contribution < 1.29 is 4.79 Å². The highest BCUT2D eigenvalue weighted by Crippen LogP contribution is 2.20. The van der Waals surface area contributed by atoms with Gasteiger partial charge in [-0.1, -0.05) is 72.4 Å². The average Bonchev–Trinajstić information content (AvgIpc) is 2.99. The van der Waals surface area contributed by atoms with E-state index in [2.05, 4.69) is 27.6 Å². The van der Waals surface area contributed by atoms with Crippen LogP contribution in [0.15, 0.2) is 65.8 Å². The molecule has 3 aromatic rings. The lowest BCUT2D eigenvalue weighted by molar-refractivity contribution is -0.119. The molecule has 0 bridgehead atoms. The standard InChI is InChI=1S/C20H22N4OS/c1-15-22-23-20(24(15)2)26-14-19(25)21-18(17-11-7-4-8-12-17)13-16-9-5-3-6-10-16/h3-12,18H,13-14H2,1-2H3,(H,21,25)/t18-/m1/s1. The average molecular weight is 366 g/mol. The first-order chi connectivity index (χ1) is 12.6. The Labute approximate surface area is 157 Å². The molecule has 3 rings (SSSR count). The smallest absolute Gasteiger partial charge is 0.230 e. The molecule has 0 saturated carbocycles. The number of nitrogens with zero attached hydrogens (tertiary/aromatic N) is 3. The number of rotatable bonds is 7. The third-order valence-corrected chi connectivity index (χ3v) is 5.23. The van der Waals surface area contributed by atoms with E-state index in [1.807, 2.05) is 67.1 Å². The van der Waals surface area contributed by atoms with Gasteiger partial charge in [0.2, 0.25) is 5.91 Å². The number of benzene rings is 2. The Morgan fingerprint density at radius 3 is 2.35 bits per heavy atom. The number of carbonyl (C=O) groups is 1. The van der Waals surface area contributed by atoms with Crippen LogP contribution < -0.4 is 5.32 Å². The van der Waals surface area contributed by atoms with Crippen LogP contribution in [0.2, 0.25) is 0 Å². The van der Waals surface area contributed by atoms with Crippen molar-refractivity contribution in [2.24, 2.45) is 7.05 Å². The number of aromatic nitrogens is 3. The van der Waals surface area contributed by atoms with Gasteiger partial charge in [-0.05, 0) is 24.5 Å². The second-order valence-electron chi connectivity index (χ2n) is 6.10. The van der Waals surface area contributed by atoms with Gasteiger partial charge in [0.25, 0.3) is 0 Å². The number of hydrogen-bond acceptors (Lipinski definition) is 4. The van der Waals surface area contributed by atoms with Crippen molar-refractivity contribution in [3.05, 3.63) is 77.6 Å². The van der Waals surface area contributed by atoms with Crippen LogP contribution in [0.5, 0.6) is 0 Å². The number of hydrogen-bond donors (Lipinski definition) is 1. The second kappa shape index (κ2) is 8.67. The van der Waals surface area contributed by atoms with E-state index < -0.39 is 0 Å². The third kappa shape index (κ3) is 4.73. The molecule has 1 heterocycles. The summed E-state index contributed by atoms with van der Waals surface area (Å²) in [5.41, 5.74) is 2.29. The molecule has 5 nitrogen and oxygen atoms in total. The zero-order valence-electron chi connectivity index (χ0n) is 14.9. The van der Waals surface area contributed by atoms with Crippen molar-refractivity contribution in [3.63, 3.8) is 0 Å². The van der Waals surface area contributed by atoms with Gasteiger partial charge in [0.1, 0.15) is 5.82 Å². The van der Waals surface area contributed by atoms with E-state index in [1.54, 1.807) is 0 Å². The summed E-state index contributed by atoms with van der Waals surface area (Å²) >= 11 is 1.40. The molecule has 0 radical (unpaired) electrons. The fraction of sp³-hybridized carbons (Fsp3) is 0.250. The molecule has 26 heavy (non-hydrogen) atoms. The first kappa shape index (κ1) is 18.2. The van der Waals surface area contributed by atoms with Crippen molar-refractivity contribution in [3.8, 4) is 0 Å². The van der Waals surface area contributed by atoms with Gasteiger partial charge >= 0.3 is 0 Å². The molecule has 0 saturated heterocycles. The number of thioether (sulfide) groups is 1. The van der Waals surface area contributed by atoms with Crippen LogP contribution in [0.3, 0.4) is 0 Å². The summed E-state index contributed by atoms with van der Waals surface area (Å²) in [4.78, 5) is 12.5. The van der Waals surface area contributed by atoms with Crippen LogP contribution in [-0.2, 0) is 18.3 Å². The molecule has 0 spiro atoms. The van der Waals surface area contributed by atoms with Gasteiger partial charge in [-0.3, -0.25) is 4.79 Å². The highest BCUT2D eigenvalue weighted by atomic mass is 32.2. The Morgan fingerprint density at radius 2 is 1.73 bits per heavy atom. The topological polar surface area (TPSA) is 59.8 Å². The summed E-state index contributed by atoms with van der Waals surface area (Å²) < 4.78 is 1.89. The predicted molar refractivity (Wildman–Crippen MR) is 104 cm³/mol. The maximum absolute atomic E-state index is 12.5. The van der Waals surface area contributed by atoms with Crippen molar-refractivity contribution >= 4 is 17.7 Å². The summed E-state index contributed by atoms with van der Waals surface area (Å²) in [6, 6.07) is 20.2. The largest absolute Gasteiger partial charge is 0.348 e. The lowest BCUT2D eigenvalue weighted by atomic mass is 9.99. The molecule has 0 aliphatic heterocycles. The fourth-order valence-electron chi connectivity index (χ4n) is 2.67. The van der Waals surface area contributed by atoms with Gasteiger partial charge in [-0.2, -0.15) is 0 Å². The van der Waals surface area contributed by atoms with E-state index in [4.69, 9.17) is 0 Å². The van der Waals surface area contributed by atoms with Gasteiger partial charge in [-0.25, -0.2) is 0 Å². The van der Waals surface area contributed by atoms with E-state index in [9.17, 15) is 4.79 Å². The van der Waals surface area contributed by atoms with E-state index in [0.717, 1.165) is 23.0 Å². The van der Waals surface area contributed by atoms with Crippen LogP contribution in [0, 0.1) is 6.92 Å². The fourth-order valence-corrected chi connectivity index (χ4v) is 3.43. The van der Waals surface area contributed by atoms with Gasteiger partial charge in [0.05, 0.1) is 11.8 Å². The number of nitrogens with one attached hydrogen (secondary N) is 1. The SMILES string of the molecule is Cc1nnc(SCC(=O)N[C@H](Cc2ccccc2)c2ccccc2)n1C. The summed E-state index contributed by atoms with van der Waals surface area (Å²) in [5.74, 6) is 1.13. The van der Waals surface area contributed by atoms with Gasteiger partial charge in [0.15, 0.2) is 5.16 Å². The summed E-state index contributed by atoms with van der Waals surface area (Å²) in [7, 11) is 1.90. The van der Waals surface area contributed by atoms with Gasteiger partial charge < -0.3 is 9.88 Å². The maximum atomic E-state index is 12.5. The molecule has 2 aromatic carbocycles. The monoisotopic (exact) mass is 366 g/mol. The molecule has 0 aliphatic rings. The maximum Gasteiger partial charge on any atom is 0.230 e. The minimum atomic E-state index is -0.0621. The lowest BCUT2D eigenvalue weighted by Crippen LogP contribution is -2.31. The summed E-state index contributed by atoms with van der Waals surface area (Å²) in [6.07, 6.45) is 0.754. The molecule has 1 N–H and O–H groups in total. The molecule has 0 fully saturated rings. The molecule has 1 atom stereocenters. The quantitative estimate of drug-likeness (QED) is 0.652. The molecule has 1 aromatic heterocycles. The van der Waals surface area contributed by atoms with Crippen LogP contribution in [-0.4, -0.2) is 26.4 Å². The first-order valence-electron chi connectivity index (χ1n) is 8.50. The Morgan fingerprint density at radius 1 is 1.08 bits per heavy atom. The van der Waals surface area contributed by atoms with Crippen molar-refractivity contribution in [2.45, 2.75) is 24.5 Å². The zero-order valence-corrected chi connectivity index (χ0v) is 15.7. The number of amides is 1. The molecular formula is C20H22N4OS. The molecule has 0 unspecified atom stereocenters. The Hall–Kier alpha value is -2.60. The van der Waals surface area contributed by atoms with Crippen LogP contribution >= 0.6 is 11.8 Å². The van der Waals surface area contributed by atoms with E-state index in [-0.39, 0.29) is 11.9 Å². The zero-order chi connectivity index (χ0) is 18.4. The van der Waals surface area contributed by atoms with Crippen molar-refractivity contribution in [1.82, 2.24) is 20.1 Å². The summed E-state index contributed by atoms with van der Waals surface area (Å²) in [6.45, 7) is 1.89. The molecule has 6 heteroatoms. The summed E-state index contributed by atoms with van der Waals surface area (Å²) in [5, 5.41) is 12.0. The minimum Gasteiger partial charge on any atom is -0.348 e. The first-order valence-corrected chi connectivity index (χ1v) is 9.49. The number of aryl methyl sites for hydroxylation is 1. The van der Waals surface area contributed by atoms with Gasteiger partial charge in [0, 0.05) is 7.05 Å². The predicted octanol–water partition coefficient (Wildman–Crippen LogP) is 3.32. The van der Waals surface area contributed by atoms with Crippen molar-refractivity contribution in [2.75, 3.05) is 5.75 Å². The van der Waals surface area contributed by atoms with E-state index in [1.165, 1.54) is 17.3 Å². The number of carbonyl (C=O) groups excluding carboxylic acids is 1. The van der Waals surface area contributed by atoms with E-state index in [0.29, 0.717) is 5.75 Å². The molecule has 0 aliphatic carbocycles. The Balaban J connectivity index is 1.67. The molecular weight excluding hydrogens is 344 g/mol. The minimum absolute atomic E-state index is 0.0135. The highest BCUT2D eigenvalue weighted by Gasteiger charge is 2.16. The van der Waals surface area contributed by atoms with E-state index >= 15 is 0 Å². The van der Waals surface area contributed by atoms with Gasteiger partial charge in [-0.15, -0.1) is 10.2 Å². The van der Waals surface area contributed by atoms with Crippen molar-refractivity contribution in [1.29, 1.82) is 0 Å².